The Morgan fingerprint density at radius 3 is 2.82 bits per heavy atom. The van der Waals surface area contributed by atoms with Crippen LogP contribution in [0.3, 0.4) is 0 Å². The zero-order chi connectivity index (χ0) is 19.3. The molecule has 0 saturated carbocycles. The number of nitrogens with one attached hydrogen (secondary N) is 1. The zero-order valence-electron chi connectivity index (χ0n) is 15.5. The van der Waals surface area contributed by atoms with E-state index in [0.29, 0.717) is 39.0 Å². The summed E-state index contributed by atoms with van der Waals surface area (Å²) in [6, 6.07) is 1.78. The molecule has 3 aromatic rings. The Kier molecular flexibility index (Phi) is 4.41. The minimum atomic E-state index is 0.249. The van der Waals surface area contributed by atoms with Crippen molar-refractivity contribution in [1.82, 2.24) is 25.1 Å². The van der Waals surface area contributed by atoms with E-state index in [-0.39, 0.29) is 5.15 Å². The Morgan fingerprint density at radius 1 is 1.25 bits per heavy atom. The van der Waals surface area contributed by atoms with Gasteiger partial charge in [-0.25, -0.2) is 15.0 Å². The fraction of sp³-hybridized carbons (Fsp3) is 0.474. The van der Waals surface area contributed by atoms with Gasteiger partial charge in [-0.15, -0.1) is 0 Å². The van der Waals surface area contributed by atoms with Crippen LogP contribution in [0.25, 0.3) is 22.4 Å². The van der Waals surface area contributed by atoms with Crippen molar-refractivity contribution in [2.75, 3.05) is 24.6 Å². The first-order valence-corrected chi connectivity index (χ1v) is 10.2. The summed E-state index contributed by atoms with van der Waals surface area (Å²) in [7, 11) is 0. The summed E-state index contributed by atoms with van der Waals surface area (Å²) in [5, 5.41) is 7.95. The van der Waals surface area contributed by atoms with E-state index in [0.717, 1.165) is 44.8 Å². The van der Waals surface area contributed by atoms with Gasteiger partial charge in [0.1, 0.15) is 16.5 Å². The second kappa shape index (κ2) is 6.83. The molecule has 0 aliphatic carbocycles. The number of nitrogens with zero attached hydrogens (tertiary/aromatic N) is 5. The summed E-state index contributed by atoms with van der Waals surface area (Å²) in [4.78, 5) is 15.6. The number of aromatic amines is 1. The highest BCUT2D eigenvalue weighted by Crippen LogP contribution is 2.42. The summed E-state index contributed by atoms with van der Waals surface area (Å²) >= 11 is 12.3. The van der Waals surface area contributed by atoms with Crippen molar-refractivity contribution >= 4 is 40.2 Å². The smallest absolute Gasteiger partial charge is 0.202 e. The molecule has 0 bridgehead atoms. The van der Waals surface area contributed by atoms with Crippen LogP contribution >= 0.6 is 23.2 Å². The van der Waals surface area contributed by atoms with E-state index in [1.165, 1.54) is 0 Å². The second-order valence-corrected chi connectivity index (χ2v) is 8.51. The summed E-state index contributed by atoms with van der Waals surface area (Å²) < 4.78 is 5.82. The lowest BCUT2D eigenvalue weighted by molar-refractivity contribution is 0.0976. The molecule has 9 heteroatoms. The van der Waals surface area contributed by atoms with E-state index in [4.69, 9.17) is 32.9 Å². The molecule has 0 radical (unpaired) electrons. The fourth-order valence-electron chi connectivity index (χ4n) is 4.34. The third kappa shape index (κ3) is 3.02. The molecule has 146 valence electrons. The number of halogens is 2. The lowest BCUT2D eigenvalue weighted by Gasteiger charge is -2.38. The molecule has 1 N–H and O–H groups in total. The average molecular weight is 419 g/mol. The van der Waals surface area contributed by atoms with Gasteiger partial charge < -0.3 is 9.64 Å². The highest BCUT2D eigenvalue weighted by atomic mass is 35.5. The zero-order valence-corrected chi connectivity index (χ0v) is 17.0. The first kappa shape index (κ1) is 18.1. The lowest BCUT2D eigenvalue weighted by atomic mass is 9.77. The number of anilines is 1. The number of H-pyrrole nitrogens is 1. The monoisotopic (exact) mass is 418 g/mol. The molecule has 0 unspecified atom stereocenters. The van der Waals surface area contributed by atoms with Gasteiger partial charge in [-0.2, -0.15) is 5.10 Å². The average Bonchev–Trinajstić information content (AvgIpc) is 3.28. The van der Waals surface area contributed by atoms with Crippen molar-refractivity contribution < 1.29 is 4.74 Å². The van der Waals surface area contributed by atoms with Crippen LogP contribution in [0.4, 0.5) is 5.82 Å². The van der Waals surface area contributed by atoms with Crippen LogP contribution in [-0.4, -0.2) is 50.9 Å². The van der Waals surface area contributed by atoms with Crippen molar-refractivity contribution in [3.05, 3.63) is 28.6 Å². The largest absolute Gasteiger partial charge is 0.378 e. The van der Waals surface area contributed by atoms with E-state index < -0.39 is 0 Å². The van der Waals surface area contributed by atoms with Crippen molar-refractivity contribution in [2.24, 2.45) is 5.41 Å². The van der Waals surface area contributed by atoms with Gasteiger partial charge in [0.2, 0.25) is 5.65 Å². The Bertz CT molecular complexity index is 1030. The highest BCUT2D eigenvalue weighted by Gasteiger charge is 2.41. The number of ether oxygens (including phenoxy) is 1. The number of aromatic nitrogens is 5. The standard InChI is InChI=1S/C19H20Cl2N6O/c1-11-8-19(10-28-11)3-6-27(7-4-19)13-9-23-16-15(25-26-18(16)24-13)12-2-5-22-17(21)14(12)20/h2,5,9,11H,3-4,6-8,10H2,1H3,(H,24,25,26)/t11-/m0/s1. The molecule has 28 heavy (non-hydrogen) atoms. The van der Waals surface area contributed by atoms with Gasteiger partial charge in [0.15, 0.2) is 0 Å². The number of piperidine rings is 1. The van der Waals surface area contributed by atoms with Crippen LogP contribution in [0.2, 0.25) is 10.2 Å². The van der Waals surface area contributed by atoms with Gasteiger partial charge in [-0.3, -0.25) is 5.10 Å². The van der Waals surface area contributed by atoms with Crippen molar-refractivity contribution in [3.8, 4) is 11.3 Å². The molecule has 0 aromatic carbocycles. The Morgan fingerprint density at radius 2 is 2.07 bits per heavy atom. The van der Waals surface area contributed by atoms with Gasteiger partial charge in [-0.1, -0.05) is 23.2 Å². The van der Waals surface area contributed by atoms with Gasteiger partial charge in [0, 0.05) is 24.8 Å². The highest BCUT2D eigenvalue weighted by molar-refractivity contribution is 6.43. The predicted octanol–water partition coefficient (Wildman–Crippen LogP) is 4.12. The number of pyridine rings is 1. The first-order chi connectivity index (χ1) is 13.5. The van der Waals surface area contributed by atoms with Crippen molar-refractivity contribution in [3.63, 3.8) is 0 Å². The van der Waals surface area contributed by atoms with Crippen LogP contribution in [0.1, 0.15) is 26.2 Å². The van der Waals surface area contributed by atoms with Gasteiger partial charge in [0.25, 0.3) is 0 Å². The van der Waals surface area contributed by atoms with E-state index in [1.807, 2.05) is 6.20 Å². The molecule has 7 nitrogen and oxygen atoms in total. The van der Waals surface area contributed by atoms with Crippen molar-refractivity contribution in [1.29, 1.82) is 0 Å². The predicted molar refractivity (Wildman–Crippen MR) is 109 cm³/mol. The van der Waals surface area contributed by atoms with Crippen LogP contribution < -0.4 is 4.90 Å². The maximum Gasteiger partial charge on any atom is 0.202 e. The first-order valence-electron chi connectivity index (χ1n) is 9.43. The Hall–Kier alpha value is -1.96. The molecular weight excluding hydrogens is 399 g/mol. The molecular formula is C19H20Cl2N6O. The maximum atomic E-state index is 6.30. The fourth-order valence-corrected chi connectivity index (χ4v) is 4.71. The van der Waals surface area contributed by atoms with Crippen LogP contribution in [0.15, 0.2) is 18.5 Å². The van der Waals surface area contributed by atoms with Gasteiger partial charge in [-0.05, 0) is 37.7 Å². The summed E-state index contributed by atoms with van der Waals surface area (Å²) in [5.41, 5.74) is 2.97. The Balaban J connectivity index is 1.40. The van der Waals surface area contributed by atoms with Crippen molar-refractivity contribution in [2.45, 2.75) is 32.3 Å². The van der Waals surface area contributed by atoms with Gasteiger partial charge in [0.05, 0.1) is 29.6 Å². The molecule has 2 aliphatic rings. The number of hydrogen-bond donors (Lipinski definition) is 1. The molecule has 5 heterocycles. The topological polar surface area (TPSA) is 79.8 Å². The third-order valence-corrected chi connectivity index (χ3v) is 6.68. The number of hydrogen-bond acceptors (Lipinski definition) is 6. The number of rotatable bonds is 2. The number of fused-ring (bicyclic) bond motifs is 1. The molecule has 5 rings (SSSR count). The lowest BCUT2D eigenvalue weighted by Crippen LogP contribution is -2.41. The molecule has 2 saturated heterocycles. The normalized spacial score (nSPS) is 21.7. The van der Waals surface area contributed by atoms with E-state index in [9.17, 15) is 0 Å². The van der Waals surface area contributed by atoms with E-state index >= 15 is 0 Å². The minimum Gasteiger partial charge on any atom is -0.378 e. The Labute approximate surface area is 172 Å². The van der Waals surface area contributed by atoms with E-state index in [1.54, 1.807) is 12.3 Å². The molecule has 1 spiro atoms. The quantitative estimate of drug-likeness (QED) is 0.630. The summed E-state index contributed by atoms with van der Waals surface area (Å²) in [6.45, 7) is 4.96. The van der Waals surface area contributed by atoms with E-state index in [2.05, 4.69) is 32.0 Å². The molecule has 1 atom stereocenters. The second-order valence-electron chi connectivity index (χ2n) is 7.78. The molecule has 2 aliphatic heterocycles. The molecule has 0 amide bonds. The summed E-state index contributed by atoms with van der Waals surface area (Å²) in [5.74, 6) is 0.853. The molecule has 3 aromatic heterocycles. The van der Waals surface area contributed by atoms with Crippen LogP contribution in [-0.2, 0) is 4.74 Å². The minimum absolute atomic E-state index is 0.249. The SMILES string of the molecule is C[C@H]1CC2(CCN(c3cnc4c(-c5ccnc(Cl)c5Cl)[nH]nc4n3)CC2)CO1. The maximum absolute atomic E-state index is 6.30. The van der Waals surface area contributed by atoms with Gasteiger partial charge >= 0.3 is 0 Å². The molecule has 2 fully saturated rings. The van der Waals surface area contributed by atoms with Crippen LogP contribution in [0.5, 0.6) is 0 Å². The third-order valence-electron chi connectivity index (χ3n) is 5.91. The van der Waals surface area contributed by atoms with Crippen LogP contribution in [0, 0.1) is 5.41 Å². The summed E-state index contributed by atoms with van der Waals surface area (Å²) in [6.07, 6.45) is 7.18.